The molecule has 1 saturated carbocycles. The van der Waals surface area contributed by atoms with Gasteiger partial charge in [0, 0.05) is 11.6 Å². The molecule has 1 aliphatic rings. The molecule has 0 spiro atoms. The van der Waals surface area contributed by atoms with Gasteiger partial charge >= 0.3 is 6.09 Å². The van der Waals surface area contributed by atoms with Crippen molar-refractivity contribution in [2.45, 2.75) is 38.1 Å². The van der Waals surface area contributed by atoms with Gasteiger partial charge in [-0.15, -0.1) is 5.10 Å². The first kappa shape index (κ1) is 19.7. The van der Waals surface area contributed by atoms with E-state index >= 15 is 0 Å². The fraction of sp³-hybridized carbons (Fsp3) is 0.364. The van der Waals surface area contributed by atoms with Gasteiger partial charge in [-0.2, -0.15) is 5.26 Å². The fourth-order valence-electron chi connectivity index (χ4n) is 3.35. The van der Waals surface area contributed by atoms with Crippen LogP contribution in [0.2, 0.25) is 0 Å². The van der Waals surface area contributed by atoms with Gasteiger partial charge in [-0.3, -0.25) is 0 Å². The fourth-order valence-corrected chi connectivity index (χ4v) is 3.35. The number of alkyl carbamates (subject to hydrolysis) is 1. The van der Waals surface area contributed by atoms with Crippen LogP contribution in [0.5, 0.6) is 5.75 Å². The molecule has 4 rings (SSSR count). The zero-order valence-electron chi connectivity index (χ0n) is 17.2. The van der Waals surface area contributed by atoms with Gasteiger partial charge in [-0.1, -0.05) is 12.1 Å². The summed E-state index contributed by atoms with van der Waals surface area (Å²) >= 11 is 0. The third-order valence-electron chi connectivity index (χ3n) is 5.17. The van der Waals surface area contributed by atoms with Gasteiger partial charge in [0.15, 0.2) is 17.2 Å². The molecule has 0 bridgehead atoms. The molecule has 1 aliphatic carbocycles. The van der Waals surface area contributed by atoms with Crippen LogP contribution in [0, 0.1) is 11.3 Å². The minimum Gasteiger partial charge on any atom is -0.493 e. The molecule has 2 aromatic heterocycles. The normalized spacial score (nSPS) is 14.4. The van der Waals surface area contributed by atoms with Crippen molar-refractivity contribution in [2.75, 3.05) is 13.7 Å². The standard InChI is InChI=1S/C22H23N5O3/c1-14(2)24-21(28)30-13-22(9-10-22)20-25-19-18(29-3)8-7-17(27(19)26-20)16-6-4-5-15(11-16)12-23/h4-8,11,14H,9-10,13H2,1-3H3,(H,24,28). The maximum Gasteiger partial charge on any atom is 0.407 e. The molecule has 1 amide bonds. The number of methoxy groups -OCH3 is 1. The lowest BCUT2D eigenvalue weighted by atomic mass is 10.1. The summed E-state index contributed by atoms with van der Waals surface area (Å²) in [5.74, 6) is 1.23. The van der Waals surface area contributed by atoms with Gasteiger partial charge in [-0.25, -0.2) is 14.3 Å². The number of nitrogens with one attached hydrogen (secondary N) is 1. The third-order valence-corrected chi connectivity index (χ3v) is 5.17. The summed E-state index contributed by atoms with van der Waals surface area (Å²) in [6, 6.07) is 13.3. The van der Waals surface area contributed by atoms with E-state index in [9.17, 15) is 10.1 Å². The molecular formula is C22H23N5O3. The second kappa shape index (κ2) is 7.67. The summed E-state index contributed by atoms with van der Waals surface area (Å²) in [5.41, 5.74) is 2.44. The van der Waals surface area contributed by atoms with E-state index in [4.69, 9.17) is 19.6 Å². The van der Waals surface area contributed by atoms with Crippen LogP contribution in [0.15, 0.2) is 36.4 Å². The number of nitrogens with zero attached hydrogens (tertiary/aromatic N) is 4. The molecule has 0 atom stereocenters. The molecule has 8 heteroatoms. The summed E-state index contributed by atoms with van der Waals surface area (Å²) < 4.78 is 12.6. The second-order valence-corrected chi connectivity index (χ2v) is 7.81. The van der Waals surface area contributed by atoms with Crippen LogP contribution in [0.4, 0.5) is 4.79 Å². The molecule has 0 saturated heterocycles. The predicted octanol–water partition coefficient (Wildman–Crippen LogP) is 3.44. The Bertz CT molecular complexity index is 1140. The number of carbonyl (C=O) groups is 1. The van der Waals surface area contributed by atoms with E-state index in [1.165, 1.54) is 0 Å². The molecule has 3 aromatic rings. The quantitative estimate of drug-likeness (QED) is 0.674. The Kier molecular flexibility index (Phi) is 5.04. The lowest BCUT2D eigenvalue weighted by Gasteiger charge is -2.13. The first-order chi connectivity index (χ1) is 14.5. The molecule has 0 unspecified atom stereocenters. The van der Waals surface area contributed by atoms with E-state index in [2.05, 4.69) is 11.4 Å². The van der Waals surface area contributed by atoms with E-state index in [0.717, 1.165) is 24.1 Å². The second-order valence-electron chi connectivity index (χ2n) is 7.81. The number of hydrogen-bond acceptors (Lipinski definition) is 6. The molecule has 1 N–H and O–H groups in total. The Morgan fingerprint density at radius 2 is 2.13 bits per heavy atom. The molecule has 1 fully saturated rings. The highest BCUT2D eigenvalue weighted by molar-refractivity contribution is 5.69. The van der Waals surface area contributed by atoms with E-state index in [0.29, 0.717) is 22.8 Å². The van der Waals surface area contributed by atoms with Crippen LogP contribution in [-0.4, -0.2) is 40.4 Å². The number of ether oxygens (including phenoxy) is 2. The molecule has 30 heavy (non-hydrogen) atoms. The van der Waals surface area contributed by atoms with Gasteiger partial charge in [-0.05, 0) is 51.0 Å². The smallest absolute Gasteiger partial charge is 0.407 e. The highest BCUT2D eigenvalue weighted by atomic mass is 16.5. The molecule has 8 nitrogen and oxygen atoms in total. The number of pyridine rings is 1. The van der Waals surface area contributed by atoms with Crippen molar-refractivity contribution in [3.05, 3.63) is 47.8 Å². The van der Waals surface area contributed by atoms with Crippen LogP contribution in [-0.2, 0) is 10.2 Å². The number of hydrogen-bond donors (Lipinski definition) is 1. The first-order valence-corrected chi connectivity index (χ1v) is 9.84. The third kappa shape index (κ3) is 3.66. The monoisotopic (exact) mass is 405 g/mol. The molecular weight excluding hydrogens is 382 g/mol. The Morgan fingerprint density at radius 3 is 2.80 bits per heavy atom. The van der Waals surface area contributed by atoms with E-state index < -0.39 is 6.09 Å². The molecule has 0 aliphatic heterocycles. The van der Waals surface area contributed by atoms with Crippen LogP contribution in [0.3, 0.4) is 0 Å². The number of nitriles is 1. The van der Waals surface area contributed by atoms with Crippen molar-refractivity contribution in [3.8, 4) is 23.1 Å². The van der Waals surface area contributed by atoms with Gasteiger partial charge in [0.1, 0.15) is 6.61 Å². The molecule has 1 aromatic carbocycles. The summed E-state index contributed by atoms with van der Waals surface area (Å²) in [4.78, 5) is 16.6. The summed E-state index contributed by atoms with van der Waals surface area (Å²) in [7, 11) is 1.59. The van der Waals surface area contributed by atoms with Crippen LogP contribution < -0.4 is 10.1 Å². The van der Waals surface area contributed by atoms with Crippen molar-refractivity contribution in [3.63, 3.8) is 0 Å². The van der Waals surface area contributed by atoms with Crippen LogP contribution in [0.25, 0.3) is 16.9 Å². The highest BCUT2D eigenvalue weighted by Gasteiger charge is 2.49. The number of benzene rings is 1. The van der Waals surface area contributed by atoms with Gasteiger partial charge in [0.05, 0.1) is 29.9 Å². The van der Waals surface area contributed by atoms with Gasteiger partial charge < -0.3 is 14.8 Å². The Labute approximate surface area is 174 Å². The molecule has 2 heterocycles. The van der Waals surface area contributed by atoms with Crippen molar-refractivity contribution in [1.82, 2.24) is 19.9 Å². The average molecular weight is 405 g/mol. The van der Waals surface area contributed by atoms with Crippen molar-refractivity contribution in [2.24, 2.45) is 0 Å². The van der Waals surface area contributed by atoms with Gasteiger partial charge in [0.25, 0.3) is 0 Å². The SMILES string of the molecule is COc1ccc(-c2cccc(C#N)c2)n2nc(C3(COC(=O)NC(C)C)CC3)nc12. The van der Waals surface area contributed by atoms with Crippen molar-refractivity contribution < 1.29 is 14.3 Å². The number of rotatable bonds is 6. The Hall–Kier alpha value is -3.60. The van der Waals surface area contributed by atoms with Crippen molar-refractivity contribution in [1.29, 1.82) is 5.26 Å². The summed E-state index contributed by atoms with van der Waals surface area (Å²) in [6.07, 6.45) is 1.26. The van der Waals surface area contributed by atoms with E-state index in [-0.39, 0.29) is 18.1 Å². The van der Waals surface area contributed by atoms with Crippen LogP contribution in [0.1, 0.15) is 38.1 Å². The summed E-state index contributed by atoms with van der Waals surface area (Å²) in [5, 5.41) is 16.7. The summed E-state index contributed by atoms with van der Waals surface area (Å²) in [6.45, 7) is 3.99. The number of amides is 1. The number of carbonyl (C=O) groups excluding carboxylic acids is 1. The minimum atomic E-state index is -0.438. The largest absolute Gasteiger partial charge is 0.493 e. The highest BCUT2D eigenvalue weighted by Crippen LogP contribution is 2.47. The lowest BCUT2D eigenvalue weighted by Crippen LogP contribution is -2.33. The maximum absolute atomic E-state index is 11.9. The first-order valence-electron chi connectivity index (χ1n) is 9.84. The Balaban J connectivity index is 1.71. The van der Waals surface area contributed by atoms with Crippen molar-refractivity contribution >= 4 is 11.7 Å². The van der Waals surface area contributed by atoms with E-state index in [1.54, 1.807) is 17.7 Å². The maximum atomic E-state index is 11.9. The predicted molar refractivity (Wildman–Crippen MR) is 110 cm³/mol. The zero-order chi connectivity index (χ0) is 21.3. The van der Waals surface area contributed by atoms with Crippen LogP contribution >= 0.6 is 0 Å². The number of fused-ring (bicyclic) bond motifs is 1. The number of aromatic nitrogens is 3. The van der Waals surface area contributed by atoms with Gasteiger partial charge in [0.2, 0.25) is 0 Å². The van der Waals surface area contributed by atoms with E-state index in [1.807, 2.05) is 44.2 Å². The topological polar surface area (TPSA) is 102 Å². The average Bonchev–Trinajstić information content (AvgIpc) is 3.40. The zero-order valence-corrected chi connectivity index (χ0v) is 17.2. The molecule has 154 valence electrons. The lowest BCUT2D eigenvalue weighted by molar-refractivity contribution is 0.131. The Morgan fingerprint density at radius 1 is 1.33 bits per heavy atom. The minimum absolute atomic E-state index is 0.0111. The molecule has 0 radical (unpaired) electrons.